The predicted octanol–water partition coefficient (Wildman–Crippen LogP) is 7.90. The lowest BCUT2D eigenvalue weighted by Crippen LogP contribution is -2.43. The quantitative estimate of drug-likeness (QED) is 0.0945. The Bertz CT molecular complexity index is 1160. The molecule has 0 aliphatic heterocycles. The second kappa shape index (κ2) is 17.9. The minimum Gasteiger partial charge on any atom is -0.454 e. The second-order valence-electron chi connectivity index (χ2n) is 12.0. The molecular formula is C35H50O7S2Si. The molecule has 2 aliphatic carbocycles. The molecule has 1 atom stereocenters. The van der Waals surface area contributed by atoms with E-state index in [2.05, 4.69) is 24.3 Å². The van der Waals surface area contributed by atoms with Crippen LogP contribution in [0.15, 0.2) is 60.7 Å². The molecule has 0 aromatic heterocycles. The minimum absolute atomic E-state index is 0.0132. The lowest BCUT2D eigenvalue weighted by molar-refractivity contribution is -0.171. The molecular weight excluding hydrogens is 625 g/mol. The maximum absolute atomic E-state index is 14.0. The van der Waals surface area contributed by atoms with Crippen LogP contribution in [0.2, 0.25) is 6.04 Å². The third kappa shape index (κ3) is 9.84. The van der Waals surface area contributed by atoms with Crippen molar-refractivity contribution in [2.24, 2.45) is 0 Å². The monoisotopic (exact) mass is 674 g/mol. The maximum Gasteiger partial charge on any atom is 0.500 e. The van der Waals surface area contributed by atoms with E-state index in [0.29, 0.717) is 11.8 Å². The normalized spacial score (nSPS) is 18.6. The Hall–Kier alpha value is -1.82. The van der Waals surface area contributed by atoms with Gasteiger partial charge in [-0.2, -0.15) is 11.8 Å². The van der Waals surface area contributed by atoms with E-state index in [1.165, 1.54) is 11.8 Å². The number of hydrogen-bond acceptors (Lipinski definition) is 9. The van der Waals surface area contributed by atoms with Crippen molar-refractivity contribution < 1.29 is 32.3 Å². The molecule has 0 radical (unpaired) electrons. The van der Waals surface area contributed by atoms with Crippen LogP contribution in [0.4, 0.5) is 0 Å². The lowest BCUT2D eigenvalue weighted by Gasteiger charge is -2.39. The molecule has 1 unspecified atom stereocenters. The lowest BCUT2D eigenvalue weighted by atomic mass is 9.79. The van der Waals surface area contributed by atoms with Gasteiger partial charge in [0.15, 0.2) is 0 Å². The Kier molecular flexibility index (Phi) is 14.3. The summed E-state index contributed by atoms with van der Waals surface area (Å²) in [7, 11) is 2.25. The fraction of sp³-hybridized carbons (Fsp3) is 0.600. The van der Waals surface area contributed by atoms with Crippen molar-refractivity contribution >= 4 is 44.3 Å². The number of thioether (sulfide) groups is 2. The van der Waals surface area contributed by atoms with Crippen molar-refractivity contribution in [2.75, 3.05) is 38.6 Å². The average molecular weight is 675 g/mol. The highest BCUT2D eigenvalue weighted by Gasteiger charge is 2.42. The van der Waals surface area contributed by atoms with Crippen molar-refractivity contribution in [3.05, 3.63) is 71.8 Å². The van der Waals surface area contributed by atoms with Gasteiger partial charge in [0.2, 0.25) is 0 Å². The molecule has 2 fully saturated rings. The Morgan fingerprint density at radius 3 is 1.67 bits per heavy atom. The van der Waals surface area contributed by atoms with Crippen molar-refractivity contribution in [2.45, 2.75) is 93.1 Å². The molecule has 0 spiro atoms. The molecule has 0 heterocycles. The van der Waals surface area contributed by atoms with E-state index in [4.69, 9.17) is 22.8 Å². The van der Waals surface area contributed by atoms with Gasteiger partial charge in [-0.05, 0) is 68.2 Å². The van der Waals surface area contributed by atoms with Crippen molar-refractivity contribution in [3.63, 3.8) is 0 Å². The third-order valence-electron chi connectivity index (χ3n) is 9.17. The minimum atomic E-state index is -2.62. The summed E-state index contributed by atoms with van der Waals surface area (Å²) in [5, 5.41) is -0.651. The molecule has 2 aromatic carbocycles. The summed E-state index contributed by atoms with van der Waals surface area (Å²) in [5.41, 5.74) is 0.777. The highest BCUT2D eigenvalue weighted by atomic mass is 32.2. The van der Waals surface area contributed by atoms with Gasteiger partial charge < -0.3 is 22.8 Å². The Morgan fingerprint density at radius 1 is 0.689 bits per heavy atom. The van der Waals surface area contributed by atoms with Crippen LogP contribution in [-0.2, 0) is 43.5 Å². The molecule has 248 valence electrons. The number of benzene rings is 2. The van der Waals surface area contributed by atoms with Crippen LogP contribution in [0.3, 0.4) is 0 Å². The van der Waals surface area contributed by atoms with E-state index >= 15 is 0 Å². The van der Waals surface area contributed by atoms with Crippen LogP contribution < -0.4 is 0 Å². The first-order chi connectivity index (χ1) is 21.9. The molecule has 2 aliphatic rings. The van der Waals surface area contributed by atoms with Crippen LogP contribution in [0.5, 0.6) is 0 Å². The topological polar surface area (TPSA) is 80.3 Å². The van der Waals surface area contributed by atoms with Gasteiger partial charge in [-0.25, -0.2) is 0 Å². The molecule has 45 heavy (non-hydrogen) atoms. The molecule has 7 nitrogen and oxygen atoms in total. The number of carbonyl (C=O) groups excluding carboxylic acids is 2. The average Bonchev–Trinajstić information content (AvgIpc) is 3.09. The van der Waals surface area contributed by atoms with Gasteiger partial charge in [-0.1, -0.05) is 73.5 Å². The maximum atomic E-state index is 14.0. The summed E-state index contributed by atoms with van der Waals surface area (Å²) in [6.07, 6.45) is 9.48. The summed E-state index contributed by atoms with van der Waals surface area (Å²) in [5.74, 6) is 1.66. The van der Waals surface area contributed by atoms with Crippen LogP contribution in [-0.4, -0.2) is 64.6 Å². The summed E-state index contributed by atoms with van der Waals surface area (Å²) >= 11 is 3.26. The van der Waals surface area contributed by atoms with Gasteiger partial charge in [-0.3, -0.25) is 9.59 Å². The Labute approximate surface area is 279 Å². The van der Waals surface area contributed by atoms with Crippen LogP contribution in [0.25, 0.3) is 0 Å². The van der Waals surface area contributed by atoms with Gasteiger partial charge in [0.05, 0.1) is 6.42 Å². The van der Waals surface area contributed by atoms with E-state index in [-0.39, 0.29) is 18.4 Å². The fourth-order valence-electron chi connectivity index (χ4n) is 6.61. The molecule has 2 aromatic rings. The number of hydrogen-bond donors (Lipinski definition) is 0. The number of rotatable bonds is 17. The molecule has 0 bridgehead atoms. The molecule has 0 saturated heterocycles. The summed E-state index contributed by atoms with van der Waals surface area (Å²) in [6, 6.07) is 20.9. The van der Waals surface area contributed by atoms with Gasteiger partial charge >= 0.3 is 20.7 Å². The van der Waals surface area contributed by atoms with Crippen molar-refractivity contribution in [1.29, 1.82) is 0 Å². The largest absolute Gasteiger partial charge is 0.500 e. The number of ether oxygens (including phenoxy) is 2. The zero-order chi connectivity index (χ0) is 32.0. The van der Waals surface area contributed by atoms with Crippen LogP contribution >= 0.6 is 23.5 Å². The van der Waals surface area contributed by atoms with Crippen molar-refractivity contribution in [3.8, 4) is 0 Å². The fourth-order valence-corrected chi connectivity index (χ4v) is 11.1. The summed E-state index contributed by atoms with van der Waals surface area (Å²) in [4.78, 5) is 27.7. The van der Waals surface area contributed by atoms with Crippen LogP contribution in [0, 0.1) is 0 Å². The third-order valence-corrected chi connectivity index (χ3v) is 14.7. The first kappa shape index (κ1) is 36.0. The Morgan fingerprint density at radius 2 is 1.18 bits per heavy atom. The van der Waals surface area contributed by atoms with Gasteiger partial charge in [0.1, 0.15) is 16.5 Å². The van der Waals surface area contributed by atoms with E-state index < -0.39 is 25.3 Å². The zero-order valence-corrected chi connectivity index (χ0v) is 29.8. The zero-order valence-electron chi connectivity index (χ0n) is 27.1. The molecule has 4 rings (SSSR count). The SMILES string of the molecule is CO[Si](CCSCCSC(CC(=O)OC1(c2ccccc2)CCCCC1)C(=O)OC1(c2ccccc2)CCCCC1)(OC)OC. The standard InChI is InChI=1S/C35H50O7S2Si/c1-38-45(39-2,40-3)27-26-43-24-25-44-31(33(37)42-35(22-14-7-15-23-35)30-18-10-5-11-19-30)28-32(36)41-34(20-12-6-13-21-34)29-16-8-4-9-17-29/h4-5,8-11,16-19,31H,6-7,12-15,20-28H2,1-3H3. The second-order valence-corrected chi connectivity index (χ2v) is 17.6. The van der Waals surface area contributed by atoms with E-state index in [0.717, 1.165) is 86.8 Å². The Balaban J connectivity index is 1.46. The summed E-state index contributed by atoms with van der Waals surface area (Å²) in [6.45, 7) is 0. The van der Waals surface area contributed by atoms with Gasteiger partial charge in [0, 0.05) is 38.9 Å². The molecule has 10 heteroatoms. The number of carbonyl (C=O) groups is 2. The van der Waals surface area contributed by atoms with Crippen LogP contribution in [0.1, 0.15) is 81.8 Å². The number of esters is 2. The van der Waals surface area contributed by atoms with E-state index in [9.17, 15) is 9.59 Å². The highest BCUT2D eigenvalue weighted by molar-refractivity contribution is 8.03. The van der Waals surface area contributed by atoms with Gasteiger partial charge in [-0.15, -0.1) is 11.8 Å². The first-order valence-corrected chi connectivity index (χ1v) is 20.4. The molecule has 2 saturated carbocycles. The molecule has 0 N–H and O–H groups in total. The van der Waals surface area contributed by atoms with E-state index in [1.807, 2.05) is 36.4 Å². The smallest absolute Gasteiger partial charge is 0.454 e. The first-order valence-electron chi connectivity index (χ1n) is 16.3. The predicted molar refractivity (Wildman–Crippen MR) is 184 cm³/mol. The molecule has 0 amide bonds. The summed E-state index contributed by atoms with van der Waals surface area (Å²) < 4.78 is 29.5. The van der Waals surface area contributed by atoms with Crippen molar-refractivity contribution in [1.82, 2.24) is 0 Å². The van der Waals surface area contributed by atoms with Gasteiger partial charge in [0.25, 0.3) is 0 Å². The van der Waals surface area contributed by atoms with E-state index in [1.54, 1.807) is 33.1 Å². The highest BCUT2D eigenvalue weighted by Crippen LogP contribution is 2.43.